The average molecular weight is 200 g/mol. The third-order valence-electron chi connectivity index (χ3n) is 1.96. The number of nitriles is 1. The second kappa shape index (κ2) is 5.10. The van der Waals surface area contributed by atoms with Crippen LogP contribution in [0.15, 0.2) is 0 Å². The van der Waals surface area contributed by atoms with Gasteiger partial charge in [-0.2, -0.15) is 5.26 Å². The molecule has 1 fully saturated rings. The monoisotopic (exact) mass is 200 g/mol. The summed E-state index contributed by atoms with van der Waals surface area (Å²) in [5.74, 6) is 1.09. The molecule has 0 aromatic carbocycles. The van der Waals surface area contributed by atoms with E-state index in [1.165, 1.54) is 11.8 Å². The lowest BCUT2D eigenvalue weighted by Gasteiger charge is -2.38. The Labute approximate surface area is 81.5 Å². The summed E-state index contributed by atoms with van der Waals surface area (Å²) >= 11 is 1.33. The molecule has 0 saturated carbocycles. The molecule has 0 bridgehead atoms. The third kappa shape index (κ3) is 2.90. The Morgan fingerprint density at radius 1 is 1.69 bits per heavy atom. The Bertz CT molecular complexity index is 221. The van der Waals surface area contributed by atoms with Crippen LogP contribution in [0, 0.1) is 17.2 Å². The first-order valence-corrected chi connectivity index (χ1v) is 5.26. The molecule has 1 saturated heterocycles. The summed E-state index contributed by atoms with van der Waals surface area (Å²) in [4.78, 5) is 13.0. The number of hydrogen-bond acceptors (Lipinski definition) is 4. The van der Waals surface area contributed by atoms with Crippen LogP contribution in [0.3, 0.4) is 0 Å². The van der Waals surface area contributed by atoms with Crippen LogP contribution in [0.25, 0.3) is 0 Å². The number of carbonyl (C=O) groups is 1. The van der Waals surface area contributed by atoms with Crippen LogP contribution in [-0.4, -0.2) is 47.1 Å². The highest BCUT2D eigenvalue weighted by atomic mass is 32.2. The maximum Gasteiger partial charge on any atom is 0.232 e. The molecule has 5 heteroatoms. The Morgan fingerprint density at radius 3 is 2.92 bits per heavy atom. The fourth-order valence-corrected chi connectivity index (χ4v) is 1.71. The second-order valence-electron chi connectivity index (χ2n) is 3.00. The molecule has 1 aliphatic heterocycles. The molecule has 1 aliphatic rings. The third-order valence-corrected chi connectivity index (χ3v) is 2.74. The topological polar surface area (TPSA) is 64.3 Å². The van der Waals surface area contributed by atoms with Gasteiger partial charge in [-0.3, -0.25) is 4.79 Å². The van der Waals surface area contributed by atoms with Gasteiger partial charge >= 0.3 is 0 Å². The van der Waals surface area contributed by atoms with E-state index in [1.807, 2.05) is 6.07 Å². The lowest BCUT2D eigenvalue weighted by molar-refractivity contribution is -0.135. The quantitative estimate of drug-likeness (QED) is 0.632. The van der Waals surface area contributed by atoms with Crippen LogP contribution in [0.5, 0.6) is 0 Å². The van der Waals surface area contributed by atoms with Crippen LogP contribution >= 0.6 is 11.8 Å². The molecule has 1 N–H and O–H groups in total. The van der Waals surface area contributed by atoms with Crippen molar-refractivity contribution in [1.29, 1.82) is 5.26 Å². The number of thioether (sulfide) groups is 1. The summed E-state index contributed by atoms with van der Waals surface area (Å²) in [6.45, 7) is 1.50. The van der Waals surface area contributed by atoms with Crippen molar-refractivity contribution in [3.05, 3.63) is 0 Å². The van der Waals surface area contributed by atoms with Gasteiger partial charge in [-0.15, -0.1) is 11.8 Å². The van der Waals surface area contributed by atoms with Crippen molar-refractivity contribution in [2.75, 3.05) is 31.2 Å². The van der Waals surface area contributed by atoms with Gasteiger partial charge in [0.05, 0.1) is 17.6 Å². The molecule has 0 atom stereocenters. The van der Waals surface area contributed by atoms with Crippen molar-refractivity contribution in [3.8, 4) is 6.07 Å². The minimum absolute atomic E-state index is 0.0740. The number of amides is 1. The Hall–Kier alpha value is -0.730. The maximum atomic E-state index is 11.3. The summed E-state index contributed by atoms with van der Waals surface area (Å²) in [6.07, 6.45) is 0. The maximum absolute atomic E-state index is 11.3. The molecule has 1 rings (SSSR count). The molecule has 13 heavy (non-hydrogen) atoms. The Morgan fingerprint density at radius 2 is 2.38 bits per heavy atom. The van der Waals surface area contributed by atoms with Crippen molar-refractivity contribution in [2.24, 2.45) is 5.92 Å². The fourth-order valence-electron chi connectivity index (χ4n) is 1.16. The minimum Gasteiger partial charge on any atom is -0.396 e. The fraction of sp³-hybridized carbons (Fsp3) is 0.750. The van der Waals surface area contributed by atoms with E-state index < -0.39 is 0 Å². The van der Waals surface area contributed by atoms with Crippen molar-refractivity contribution >= 4 is 17.7 Å². The minimum atomic E-state index is 0.0740. The molecule has 1 amide bonds. The lowest BCUT2D eigenvalue weighted by Crippen LogP contribution is -2.52. The van der Waals surface area contributed by atoms with Crippen LogP contribution in [0.2, 0.25) is 0 Å². The molecule has 72 valence electrons. The number of aliphatic hydroxyl groups excluding tert-OH is 1. The van der Waals surface area contributed by atoms with E-state index in [4.69, 9.17) is 10.4 Å². The van der Waals surface area contributed by atoms with Crippen molar-refractivity contribution in [3.63, 3.8) is 0 Å². The summed E-state index contributed by atoms with van der Waals surface area (Å²) in [7, 11) is 0. The van der Waals surface area contributed by atoms with Crippen LogP contribution in [0.1, 0.15) is 0 Å². The van der Waals surface area contributed by atoms with Gasteiger partial charge in [0.1, 0.15) is 0 Å². The first kappa shape index (κ1) is 10.4. The van der Waals surface area contributed by atoms with E-state index in [9.17, 15) is 4.79 Å². The highest BCUT2D eigenvalue weighted by molar-refractivity contribution is 8.00. The van der Waals surface area contributed by atoms with Crippen LogP contribution in [0.4, 0.5) is 0 Å². The molecule has 0 spiro atoms. The summed E-state index contributed by atoms with van der Waals surface area (Å²) < 4.78 is 0. The van der Waals surface area contributed by atoms with E-state index >= 15 is 0 Å². The number of aliphatic hydroxyl groups is 1. The molecule has 1 heterocycles. The van der Waals surface area contributed by atoms with Crippen LogP contribution < -0.4 is 0 Å². The molecule has 0 aromatic heterocycles. The first-order chi connectivity index (χ1) is 6.27. The second-order valence-corrected chi connectivity index (χ2v) is 3.98. The average Bonchev–Trinajstić information content (AvgIpc) is 2.03. The number of hydrogen-bond donors (Lipinski definition) is 1. The van der Waals surface area contributed by atoms with E-state index in [0.717, 1.165) is 0 Å². The van der Waals surface area contributed by atoms with Gasteiger partial charge < -0.3 is 10.0 Å². The normalized spacial score (nSPS) is 16.5. The predicted molar refractivity (Wildman–Crippen MR) is 50.1 cm³/mol. The lowest BCUT2D eigenvalue weighted by atomic mass is 10.0. The number of rotatable bonds is 4. The van der Waals surface area contributed by atoms with Crippen LogP contribution in [-0.2, 0) is 4.79 Å². The summed E-state index contributed by atoms with van der Waals surface area (Å²) in [5.41, 5.74) is 0. The van der Waals surface area contributed by atoms with E-state index in [2.05, 4.69) is 0 Å². The van der Waals surface area contributed by atoms with Gasteiger partial charge in [-0.1, -0.05) is 0 Å². The van der Waals surface area contributed by atoms with E-state index in [0.29, 0.717) is 24.6 Å². The molecule has 4 nitrogen and oxygen atoms in total. The zero-order chi connectivity index (χ0) is 9.68. The molecule has 0 radical (unpaired) electrons. The smallest absolute Gasteiger partial charge is 0.232 e. The molecule has 0 aromatic rings. The summed E-state index contributed by atoms with van der Waals surface area (Å²) in [6, 6.07) is 1.97. The standard InChI is InChI=1S/C8H12N2O2S/c9-1-2-13-6-8(12)10-3-7(4-10)5-11/h7,11H,2-6H2. The van der Waals surface area contributed by atoms with Gasteiger partial charge in [-0.25, -0.2) is 0 Å². The zero-order valence-electron chi connectivity index (χ0n) is 7.27. The molecular weight excluding hydrogens is 188 g/mol. The van der Waals surface area contributed by atoms with Crippen molar-refractivity contribution < 1.29 is 9.90 Å². The van der Waals surface area contributed by atoms with Crippen molar-refractivity contribution in [2.45, 2.75) is 0 Å². The zero-order valence-corrected chi connectivity index (χ0v) is 8.09. The largest absolute Gasteiger partial charge is 0.396 e. The molecule has 0 aliphatic carbocycles. The Balaban J connectivity index is 2.09. The van der Waals surface area contributed by atoms with Gasteiger partial charge in [0.2, 0.25) is 5.91 Å². The number of carbonyl (C=O) groups excluding carboxylic acids is 1. The predicted octanol–water partition coefficient (Wildman–Crippen LogP) is -0.306. The number of nitrogens with zero attached hydrogens (tertiary/aromatic N) is 2. The number of likely N-dealkylation sites (tertiary alicyclic amines) is 1. The van der Waals surface area contributed by atoms with Gasteiger partial charge in [0.25, 0.3) is 0 Å². The summed E-state index contributed by atoms with van der Waals surface area (Å²) in [5, 5.41) is 17.0. The van der Waals surface area contributed by atoms with E-state index in [-0.39, 0.29) is 18.4 Å². The van der Waals surface area contributed by atoms with Gasteiger partial charge in [0, 0.05) is 25.6 Å². The van der Waals surface area contributed by atoms with Crippen molar-refractivity contribution in [1.82, 2.24) is 4.90 Å². The van der Waals surface area contributed by atoms with E-state index in [1.54, 1.807) is 4.90 Å². The highest BCUT2D eigenvalue weighted by Gasteiger charge is 2.29. The molecule has 0 unspecified atom stereocenters. The SMILES string of the molecule is N#CCSCC(=O)N1CC(CO)C1. The highest BCUT2D eigenvalue weighted by Crippen LogP contribution is 2.15. The van der Waals surface area contributed by atoms with Gasteiger partial charge in [-0.05, 0) is 0 Å². The molecular formula is C8H12N2O2S. The first-order valence-electron chi connectivity index (χ1n) is 4.11. The van der Waals surface area contributed by atoms with Gasteiger partial charge in [0.15, 0.2) is 0 Å². The Kier molecular flexibility index (Phi) is 4.06.